The highest BCUT2D eigenvalue weighted by Crippen LogP contribution is 2.16. The Kier molecular flexibility index (Phi) is 6.95. The highest BCUT2D eigenvalue weighted by molar-refractivity contribution is 6.04. The van der Waals surface area contributed by atoms with Crippen LogP contribution in [0.15, 0.2) is 78.9 Å². The number of amides is 1. The van der Waals surface area contributed by atoms with Gasteiger partial charge in [-0.05, 0) is 48.9 Å². The van der Waals surface area contributed by atoms with Gasteiger partial charge in [0.25, 0.3) is 5.91 Å². The molecule has 0 aliphatic heterocycles. The molecule has 1 amide bonds. The van der Waals surface area contributed by atoms with Crippen molar-refractivity contribution >= 4 is 23.3 Å². The molecule has 0 aromatic heterocycles. The number of Topliss-reactive ketones (excluding diaryl/α,β-unsaturated/α-hetero) is 1. The molecule has 3 aromatic rings. The minimum atomic E-state index is -0.625. The Labute approximate surface area is 174 Å². The molecule has 0 heterocycles. The zero-order valence-corrected chi connectivity index (χ0v) is 16.5. The van der Waals surface area contributed by atoms with Crippen LogP contribution < -0.4 is 10.1 Å². The molecule has 0 fully saturated rings. The molecule has 30 heavy (non-hydrogen) atoms. The van der Waals surface area contributed by atoms with Gasteiger partial charge in [0.15, 0.2) is 12.4 Å². The van der Waals surface area contributed by atoms with Crippen molar-refractivity contribution in [2.24, 2.45) is 0 Å². The number of anilines is 1. The van der Waals surface area contributed by atoms with E-state index in [1.165, 1.54) is 6.92 Å². The monoisotopic (exact) mass is 403 g/mol. The van der Waals surface area contributed by atoms with Gasteiger partial charge in [-0.2, -0.15) is 0 Å². The first kappa shape index (κ1) is 20.8. The Balaban J connectivity index is 1.50. The summed E-state index contributed by atoms with van der Waals surface area (Å²) in [5.74, 6) is -0.703. The highest BCUT2D eigenvalue weighted by Gasteiger charge is 2.13. The molecule has 152 valence electrons. The van der Waals surface area contributed by atoms with Crippen LogP contribution in [0.1, 0.15) is 33.2 Å². The van der Waals surface area contributed by atoms with E-state index in [0.717, 1.165) is 5.56 Å². The summed E-state index contributed by atoms with van der Waals surface area (Å²) in [4.78, 5) is 35.9. The smallest absolute Gasteiger partial charge is 0.338 e. The number of para-hydroxylation sites is 1. The molecule has 6 heteroatoms. The quantitative estimate of drug-likeness (QED) is 0.449. The predicted molar refractivity (Wildman–Crippen MR) is 113 cm³/mol. The SMILES string of the molecule is CC(=O)c1ccccc1NC(=O)COC(=O)c1ccc(OCc2ccccc2)cc1. The van der Waals surface area contributed by atoms with Crippen LogP contribution in [0.3, 0.4) is 0 Å². The maximum atomic E-state index is 12.2. The Hall–Kier alpha value is -3.93. The summed E-state index contributed by atoms with van der Waals surface area (Å²) in [5.41, 5.74) is 2.12. The van der Waals surface area contributed by atoms with Gasteiger partial charge in [-0.25, -0.2) is 4.79 Å². The third kappa shape index (κ3) is 5.78. The molecule has 0 saturated carbocycles. The maximum Gasteiger partial charge on any atom is 0.338 e. The molecular formula is C24H21NO5. The Morgan fingerprint density at radius 1 is 0.833 bits per heavy atom. The number of carbonyl (C=O) groups is 3. The van der Waals surface area contributed by atoms with Crippen molar-refractivity contribution < 1.29 is 23.9 Å². The average Bonchev–Trinajstić information content (AvgIpc) is 2.77. The van der Waals surface area contributed by atoms with Gasteiger partial charge in [0.2, 0.25) is 0 Å². The van der Waals surface area contributed by atoms with Crippen LogP contribution in [0.4, 0.5) is 5.69 Å². The number of nitrogens with one attached hydrogen (secondary N) is 1. The maximum absolute atomic E-state index is 12.2. The second-order valence-corrected chi connectivity index (χ2v) is 6.52. The number of hydrogen-bond acceptors (Lipinski definition) is 5. The molecule has 6 nitrogen and oxygen atoms in total. The van der Waals surface area contributed by atoms with Crippen molar-refractivity contribution in [3.8, 4) is 5.75 Å². The van der Waals surface area contributed by atoms with E-state index < -0.39 is 18.5 Å². The summed E-state index contributed by atoms with van der Waals surface area (Å²) in [5, 5.41) is 2.58. The second kappa shape index (κ2) is 10.0. The van der Waals surface area contributed by atoms with E-state index in [2.05, 4.69) is 5.32 Å². The van der Waals surface area contributed by atoms with E-state index in [-0.39, 0.29) is 5.78 Å². The van der Waals surface area contributed by atoms with Crippen LogP contribution >= 0.6 is 0 Å². The predicted octanol–water partition coefficient (Wildman–Crippen LogP) is 4.26. The van der Waals surface area contributed by atoms with Crippen molar-refractivity contribution in [2.75, 3.05) is 11.9 Å². The molecule has 0 saturated heterocycles. The number of benzene rings is 3. The van der Waals surface area contributed by atoms with E-state index in [1.54, 1.807) is 48.5 Å². The molecule has 0 aliphatic rings. The van der Waals surface area contributed by atoms with Crippen LogP contribution in [0, 0.1) is 0 Å². The summed E-state index contributed by atoms with van der Waals surface area (Å²) in [6.07, 6.45) is 0. The Bertz CT molecular complexity index is 1030. The number of carbonyl (C=O) groups excluding carboxylic acids is 3. The van der Waals surface area contributed by atoms with E-state index in [0.29, 0.717) is 29.2 Å². The molecule has 0 bridgehead atoms. The standard InChI is InChI=1S/C24H21NO5/c1-17(26)21-9-5-6-10-22(21)25-23(27)16-30-24(28)19-11-13-20(14-12-19)29-15-18-7-3-2-4-8-18/h2-14H,15-16H2,1H3,(H,25,27). The van der Waals surface area contributed by atoms with Crippen LogP contribution in [0.5, 0.6) is 5.75 Å². The Morgan fingerprint density at radius 3 is 2.20 bits per heavy atom. The van der Waals surface area contributed by atoms with E-state index in [4.69, 9.17) is 9.47 Å². The van der Waals surface area contributed by atoms with E-state index in [9.17, 15) is 14.4 Å². The lowest BCUT2D eigenvalue weighted by molar-refractivity contribution is -0.119. The van der Waals surface area contributed by atoms with Gasteiger partial charge < -0.3 is 14.8 Å². The topological polar surface area (TPSA) is 81.7 Å². The minimum absolute atomic E-state index is 0.169. The fourth-order valence-electron chi connectivity index (χ4n) is 2.73. The summed E-state index contributed by atoms with van der Waals surface area (Å²) in [6, 6.07) is 22.9. The zero-order chi connectivity index (χ0) is 21.3. The molecule has 0 unspecified atom stereocenters. The molecule has 0 atom stereocenters. The van der Waals surface area contributed by atoms with Gasteiger partial charge in [0.1, 0.15) is 12.4 Å². The number of ether oxygens (including phenoxy) is 2. The molecule has 0 aliphatic carbocycles. The normalized spacial score (nSPS) is 10.2. The highest BCUT2D eigenvalue weighted by atomic mass is 16.5. The van der Waals surface area contributed by atoms with Gasteiger partial charge in [0.05, 0.1) is 11.3 Å². The van der Waals surface area contributed by atoms with Gasteiger partial charge in [0, 0.05) is 5.56 Å². The third-order valence-electron chi connectivity index (χ3n) is 4.25. The van der Waals surface area contributed by atoms with E-state index in [1.807, 2.05) is 30.3 Å². The molecule has 3 aromatic carbocycles. The minimum Gasteiger partial charge on any atom is -0.489 e. The van der Waals surface area contributed by atoms with Crippen LogP contribution in [-0.4, -0.2) is 24.3 Å². The van der Waals surface area contributed by atoms with Gasteiger partial charge in [-0.3, -0.25) is 9.59 Å². The van der Waals surface area contributed by atoms with Gasteiger partial charge in [-0.15, -0.1) is 0 Å². The molecule has 0 spiro atoms. The molecule has 0 radical (unpaired) electrons. The molecule has 3 rings (SSSR count). The zero-order valence-electron chi connectivity index (χ0n) is 16.5. The number of hydrogen-bond donors (Lipinski definition) is 1. The lowest BCUT2D eigenvalue weighted by Gasteiger charge is -2.10. The Morgan fingerprint density at radius 2 is 1.50 bits per heavy atom. The molecule has 1 N–H and O–H groups in total. The average molecular weight is 403 g/mol. The summed E-state index contributed by atoms with van der Waals surface area (Å²) in [6.45, 7) is 1.38. The molecular weight excluding hydrogens is 382 g/mol. The first-order valence-electron chi connectivity index (χ1n) is 9.36. The van der Waals surface area contributed by atoms with Gasteiger partial charge in [-0.1, -0.05) is 42.5 Å². The number of rotatable bonds is 8. The van der Waals surface area contributed by atoms with Crippen molar-refractivity contribution in [1.82, 2.24) is 0 Å². The third-order valence-corrected chi connectivity index (χ3v) is 4.25. The fraction of sp³-hybridized carbons (Fsp3) is 0.125. The van der Waals surface area contributed by atoms with Crippen LogP contribution in [0.2, 0.25) is 0 Å². The van der Waals surface area contributed by atoms with Crippen LogP contribution in [0.25, 0.3) is 0 Å². The second-order valence-electron chi connectivity index (χ2n) is 6.52. The fourth-order valence-corrected chi connectivity index (χ4v) is 2.73. The van der Waals surface area contributed by atoms with E-state index >= 15 is 0 Å². The van der Waals surface area contributed by atoms with Crippen molar-refractivity contribution in [3.63, 3.8) is 0 Å². The lowest BCUT2D eigenvalue weighted by atomic mass is 10.1. The number of ketones is 1. The summed E-state index contributed by atoms with van der Waals surface area (Å²) >= 11 is 0. The van der Waals surface area contributed by atoms with Crippen molar-refractivity contribution in [3.05, 3.63) is 95.6 Å². The van der Waals surface area contributed by atoms with Crippen molar-refractivity contribution in [2.45, 2.75) is 13.5 Å². The van der Waals surface area contributed by atoms with Gasteiger partial charge >= 0.3 is 5.97 Å². The number of esters is 1. The largest absolute Gasteiger partial charge is 0.489 e. The first-order chi connectivity index (χ1) is 14.5. The summed E-state index contributed by atoms with van der Waals surface area (Å²) < 4.78 is 10.7. The van der Waals surface area contributed by atoms with Crippen LogP contribution in [-0.2, 0) is 16.1 Å². The lowest BCUT2D eigenvalue weighted by Crippen LogP contribution is -2.22. The first-order valence-corrected chi connectivity index (χ1v) is 9.36. The summed E-state index contributed by atoms with van der Waals surface area (Å²) in [7, 11) is 0. The van der Waals surface area contributed by atoms with Crippen molar-refractivity contribution in [1.29, 1.82) is 0 Å².